The molecular formula is C135H189N5Si3. The second-order valence-electron chi connectivity index (χ2n) is 53.9. The number of nitrogens with zero attached hydrogens (tertiary/aromatic N) is 5. The minimum absolute atomic E-state index is 0.0279. The Kier molecular flexibility index (Phi) is 31.3. The highest BCUT2D eigenvalue weighted by Gasteiger charge is 2.61. The van der Waals surface area contributed by atoms with E-state index >= 15 is 0 Å². The van der Waals surface area contributed by atoms with Gasteiger partial charge in [0.1, 0.15) is 24.7 Å². The summed E-state index contributed by atoms with van der Waals surface area (Å²) in [7, 11) is -5.42. The van der Waals surface area contributed by atoms with Gasteiger partial charge in [0.05, 0.1) is 0 Å². The monoisotopic (exact) mass is 1960 g/mol. The first-order valence-corrected chi connectivity index (χ1v) is 67.0. The summed E-state index contributed by atoms with van der Waals surface area (Å²) in [4.78, 5) is 4.95. The van der Waals surface area contributed by atoms with Gasteiger partial charge in [-0.3, -0.25) is 0 Å². The van der Waals surface area contributed by atoms with Crippen LogP contribution in [0.1, 0.15) is 365 Å². The zero-order valence-electron chi connectivity index (χ0n) is 94.8. The molecule has 8 heteroatoms. The Morgan fingerprint density at radius 3 is 1.06 bits per heavy atom. The SMILES string of the molecule is CC(C)(C)c1ccc(-c2ccc3c(c2)C(C)(C)C2=CC4C(C=C23)CCC4[Si](C)(C)N(C(C)(C)C)C(C)(C)C)cc1.CCCCC1(CCCC)C2=CC3C(C=C2c2ccc(N(c4ccccc4)c4ccccc4)cc21)CC(C)C3[Si](C)(C)N(C1CCCCC1)C(C)(C)C.CCCCC1(CCCC)C2=CC3C(C=C2c2ccc(N(c4ccccc4)c4ccccc4)cc21)CCC3[Si](C)(C)N(C1CCCCC1)C(C)(C)C. The molecular weight excluding hydrogens is 1780 g/mol. The molecule has 0 spiro atoms. The van der Waals surface area contributed by atoms with Crippen molar-refractivity contribution in [2.75, 3.05) is 9.80 Å². The van der Waals surface area contributed by atoms with Gasteiger partial charge in [0.25, 0.3) is 0 Å². The molecule has 5 saturated carbocycles. The van der Waals surface area contributed by atoms with Crippen molar-refractivity contribution in [3.63, 3.8) is 0 Å². The minimum Gasteiger partial charge on any atom is -0.316 e. The molecule has 19 rings (SSSR count). The quantitative estimate of drug-likeness (QED) is 0.0476. The number of rotatable bonds is 27. The van der Waals surface area contributed by atoms with Gasteiger partial charge in [0, 0.05) is 84.6 Å². The summed E-state index contributed by atoms with van der Waals surface area (Å²) >= 11 is 0. The minimum atomic E-state index is -1.86. The van der Waals surface area contributed by atoms with Crippen LogP contribution in [0.25, 0.3) is 27.8 Å². The maximum atomic E-state index is 3.17. The van der Waals surface area contributed by atoms with Gasteiger partial charge in [-0.15, -0.1) is 0 Å². The number of benzene rings is 8. The van der Waals surface area contributed by atoms with Crippen LogP contribution >= 0.6 is 0 Å². The molecule has 0 bridgehead atoms. The Bertz CT molecular complexity index is 5800. The molecule has 0 heterocycles. The second-order valence-corrected chi connectivity index (χ2v) is 67.4. The van der Waals surface area contributed by atoms with Gasteiger partial charge in [-0.1, -0.05) is 369 Å². The van der Waals surface area contributed by atoms with E-state index in [-0.39, 0.29) is 43.8 Å². The van der Waals surface area contributed by atoms with Crippen LogP contribution in [0.5, 0.6) is 0 Å². The van der Waals surface area contributed by atoms with Crippen molar-refractivity contribution in [1.82, 2.24) is 13.7 Å². The van der Waals surface area contributed by atoms with Gasteiger partial charge >= 0.3 is 0 Å². The molecule has 11 aliphatic rings. The molecule has 8 aromatic rings. The summed E-state index contributed by atoms with van der Waals surface area (Å²) in [5.41, 5.74) is 33.9. The second kappa shape index (κ2) is 42.0. The van der Waals surface area contributed by atoms with Crippen LogP contribution in [0.15, 0.2) is 253 Å². The standard InChI is InChI=1S/C49H68N2Si.C48H66N2Si.C38H55NSi/c1-9-11-30-49(31-12-10-2)45-34-41(50(38-22-16-13-17-23-38)39-24-18-14-19-25-39)28-29-42(45)44-33-37-32-36(3)47(43(37)35-46(44)49)52(7,8)51(48(4,5)6)40-26-20-15-21-27-40;1-8-10-31-48(32-11-9-2)44-34-40(49(37-21-15-12-16-22-37)38-23-17-13-18-24-38)28-29-41(44)43-33-36-27-30-46(42(36)35-45(43)48)51(6,7)50(47(3,4)5)39-25-19-14-20-26-39;1-35(2,3)28-18-14-25(15-19-28)26-16-20-29-31-22-27-17-21-34(30(27)24-33(31)38(10,11)32(29)23-26)40(12,13)39(36(4,5)6)37(7,8)9/h13-14,16-19,22-25,28-29,33-37,40,43,47H,9-12,15,20-21,26-27,30-32H2,1-8H3;12-13,15-18,21-24,28-29,33-36,39,42,46H,8-11,14,19-20,25-27,30-32H2,1-7H3;14-16,18-20,22-24,27,30,34H,17,21H2,1-13H3. The average Bonchev–Trinajstić information content (AvgIpc) is 1.55. The summed E-state index contributed by atoms with van der Waals surface area (Å²) in [5.74, 6) is 4.70. The molecule has 10 atom stereocenters. The van der Waals surface area contributed by atoms with Crippen molar-refractivity contribution >= 4 is 75.6 Å². The van der Waals surface area contributed by atoms with Crippen LogP contribution in [0, 0.1) is 41.4 Å². The van der Waals surface area contributed by atoms with E-state index in [4.69, 9.17) is 0 Å². The summed E-state index contributed by atoms with van der Waals surface area (Å²) in [6.07, 6.45) is 52.9. The number of unbranched alkanes of at least 4 members (excludes halogenated alkanes) is 4. The number of allylic oxidation sites excluding steroid dienone is 12. The van der Waals surface area contributed by atoms with Gasteiger partial charge in [-0.25, -0.2) is 0 Å². The number of hydrogen-bond donors (Lipinski definition) is 0. The normalized spacial score (nSPS) is 23.9. The van der Waals surface area contributed by atoms with Crippen LogP contribution in [0.3, 0.4) is 0 Å². The van der Waals surface area contributed by atoms with Crippen molar-refractivity contribution in [3.8, 4) is 11.1 Å². The Balaban J connectivity index is 0.000000149. The third-order valence-electron chi connectivity index (χ3n) is 37.7. The van der Waals surface area contributed by atoms with Crippen LogP contribution in [-0.2, 0) is 21.7 Å². The third-order valence-corrected chi connectivity index (χ3v) is 52.3. The highest BCUT2D eigenvalue weighted by atomic mass is 28.3. The van der Waals surface area contributed by atoms with Gasteiger partial charge in [-0.2, -0.15) is 0 Å². The van der Waals surface area contributed by atoms with E-state index in [9.17, 15) is 0 Å². The lowest BCUT2D eigenvalue weighted by molar-refractivity contribution is 0.122. The van der Waals surface area contributed by atoms with Crippen molar-refractivity contribution in [2.45, 2.75) is 437 Å². The largest absolute Gasteiger partial charge is 0.316 e. The van der Waals surface area contributed by atoms with Gasteiger partial charge in [-0.05, 0) is 380 Å². The Morgan fingerprint density at radius 2 is 0.671 bits per heavy atom. The topological polar surface area (TPSA) is 16.2 Å². The van der Waals surface area contributed by atoms with Crippen LogP contribution in [0.4, 0.5) is 34.1 Å². The van der Waals surface area contributed by atoms with E-state index < -0.39 is 24.7 Å². The number of anilines is 6. The lowest BCUT2D eigenvalue weighted by Gasteiger charge is -2.57. The average molecular weight is 1970 g/mol. The fourth-order valence-corrected chi connectivity index (χ4v) is 50.7. The van der Waals surface area contributed by atoms with E-state index in [2.05, 4.69) is 452 Å². The van der Waals surface area contributed by atoms with Crippen molar-refractivity contribution < 1.29 is 0 Å². The summed E-state index contributed by atoms with van der Waals surface area (Å²) in [6.45, 7) is 70.2. The number of para-hydroxylation sites is 4. The molecule has 8 aromatic carbocycles. The molecule has 143 heavy (non-hydrogen) atoms. The van der Waals surface area contributed by atoms with E-state index in [1.165, 1.54) is 252 Å². The lowest BCUT2D eigenvalue weighted by atomic mass is 9.68. The molecule has 0 N–H and O–H groups in total. The first-order chi connectivity index (χ1) is 67.8. The maximum absolute atomic E-state index is 3.17. The fourth-order valence-electron chi connectivity index (χ4n) is 33.2. The molecule has 0 saturated heterocycles. The first-order valence-electron chi connectivity index (χ1n) is 57.9. The number of fused-ring (bicyclic) bond motifs is 12. The fraction of sp³-hybridized carbons (Fsp3) is 0.556. The molecule has 11 aliphatic carbocycles. The Labute approximate surface area is 875 Å². The molecule has 10 unspecified atom stereocenters. The molecule has 766 valence electrons. The maximum Gasteiger partial charge on any atom is 0.127 e. The van der Waals surface area contributed by atoms with Crippen LogP contribution < -0.4 is 9.80 Å². The zero-order valence-corrected chi connectivity index (χ0v) is 97.8. The molecule has 0 aliphatic heterocycles. The molecule has 5 nitrogen and oxygen atoms in total. The Morgan fingerprint density at radius 1 is 0.322 bits per heavy atom. The van der Waals surface area contributed by atoms with Gasteiger partial charge in [0.2, 0.25) is 0 Å². The van der Waals surface area contributed by atoms with E-state index in [1.54, 1.807) is 39.0 Å². The zero-order chi connectivity index (χ0) is 102. The third kappa shape index (κ3) is 20.7. The van der Waals surface area contributed by atoms with Crippen molar-refractivity contribution in [3.05, 3.63) is 292 Å². The van der Waals surface area contributed by atoms with E-state index in [0.29, 0.717) is 35.5 Å². The predicted molar refractivity (Wildman–Crippen MR) is 631 cm³/mol. The van der Waals surface area contributed by atoms with Gasteiger partial charge in [0.15, 0.2) is 0 Å². The van der Waals surface area contributed by atoms with Crippen molar-refractivity contribution in [2.24, 2.45) is 41.4 Å². The molecule has 5 fully saturated rings. The van der Waals surface area contributed by atoms with Crippen molar-refractivity contribution in [1.29, 1.82) is 0 Å². The molecule has 0 amide bonds. The molecule has 0 radical (unpaired) electrons. The lowest BCUT2D eigenvalue weighted by Crippen LogP contribution is -2.67. The van der Waals surface area contributed by atoms with E-state index in [0.717, 1.165) is 34.6 Å². The van der Waals surface area contributed by atoms with Gasteiger partial charge < -0.3 is 23.5 Å². The highest BCUT2D eigenvalue weighted by Crippen LogP contribution is 2.68. The summed E-state index contributed by atoms with van der Waals surface area (Å²) < 4.78 is 9.27. The van der Waals surface area contributed by atoms with E-state index in [1.807, 2.05) is 0 Å². The Hall–Kier alpha value is -7.67. The molecule has 0 aromatic heterocycles. The number of hydrogen-bond acceptors (Lipinski definition) is 5. The highest BCUT2D eigenvalue weighted by molar-refractivity contribution is 6.77. The van der Waals surface area contributed by atoms with Crippen LogP contribution in [0.2, 0.25) is 55.9 Å². The van der Waals surface area contributed by atoms with Crippen LogP contribution in [-0.4, -0.2) is 72.6 Å². The summed E-state index contributed by atoms with van der Waals surface area (Å²) in [5, 5.41) is 0. The predicted octanol–water partition coefficient (Wildman–Crippen LogP) is 39.3. The smallest absolute Gasteiger partial charge is 0.127 e. The summed E-state index contributed by atoms with van der Waals surface area (Å²) in [6, 6.07) is 77.1. The first kappa shape index (κ1) is 107.